The van der Waals surface area contributed by atoms with Gasteiger partial charge in [0, 0.05) is 0 Å². The fourth-order valence-corrected chi connectivity index (χ4v) is 2.15. The number of carbonyl (C=O) groups excluding carboxylic acids is 1. The molecule has 0 unspecified atom stereocenters. The van der Waals surface area contributed by atoms with E-state index in [4.69, 9.17) is 9.47 Å². The Bertz CT molecular complexity index is 399. The van der Waals surface area contributed by atoms with Gasteiger partial charge in [-0.1, -0.05) is 6.42 Å². The van der Waals surface area contributed by atoms with Crippen LogP contribution in [-0.2, 0) is 4.74 Å². The number of carbonyl (C=O) groups is 1. The summed E-state index contributed by atoms with van der Waals surface area (Å²) in [5, 5.41) is 9.75. The van der Waals surface area contributed by atoms with Gasteiger partial charge in [0.2, 0.25) is 0 Å². The molecule has 0 amide bonds. The van der Waals surface area contributed by atoms with Gasteiger partial charge in [0.1, 0.15) is 11.9 Å². The number of esters is 1. The Morgan fingerprint density at radius 1 is 1.22 bits per heavy atom. The maximum absolute atomic E-state index is 11.9. The SMILES string of the molecule is COc1ccc(C(=O)O[C@@H]2CCCC[C@@H]2O)cc1. The van der Waals surface area contributed by atoms with Crippen LogP contribution in [0.5, 0.6) is 5.75 Å². The number of hydrogen-bond acceptors (Lipinski definition) is 4. The highest BCUT2D eigenvalue weighted by atomic mass is 16.6. The number of aliphatic hydroxyl groups excluding tert-OH is 1. The normalized spacial score (nSPS) is 23.4. The molecule has 18 heavy (non-hydrogen) atoms. The fraction of sp³-hybridized carbons (Fsp3) is 0.500. The summed E-state index contributed by atoms with van der Waals surface area (Å²) in [7, 11) is 1.58. The number of hydrogen-bond donors (Lipinski definition) is 1. The van der Waals surface area contributed by atoms with Gasteiger partial charge in [0.05, 0.1) is 18.8 Å². The minimum atomic E-state index is -0.527. The Kier molecular flexibility index (Phi) is 4.20. The van der Waals surface area contributed by atoms with Gasteiger partial charge in [-0.15, -0.1) is 0 Å². The molecule has 0 heterocycles. The van der Waals surface area contributed by atoms with E-state index in [0.717, 1.165) is 19.3 Å². The zero-order valence-electron chi connectivity index (χ0n) is 10.5. The quantitative estimate of drug-likeness (QED) is 0.835. The van der Waals surface area contributed by atoms with E-state index < -0.39 is 6.10 Å². The average molecular weight is 250 g/mol. The highest BCUT2D eigenvalue weighted by Crippen LogP contribution is 2.22. The van der Waals surface area contributed by atoms with Gasteiger partial charge in [-0.2, -0.15) is 0 Å². The van der Waals surface area contributed by atoms with Crippen molar-refractivity contribution in [3.63, 3.8) is 0 Å². The lowest BCUT2D eigenvalue weighted by Gasteiger charge is -2.27. The molecule has 1 saturated carbocycles. The molecule has 0 radical (unpaired) electrons. The second-order valence-electron chi connectivity index (χ2n) is 4.52. The summed E-state index contributed by atoms with van der Waals surface area (Å²) in [5.74, 6) is 0.313. The molecule has 0 bridgehead atoms. The summed E-state index contributed by atoms with van der Waals surface area (Å²) in [6, 6.07) is 6.76. The molecule has 0 aromatic heterocycles. The highest BCUT2D eigenvalue weighted by molar-refractivity contribution is 5.89. The summed E-state index contributed by atoms with van der Waals surface area (Å²) in [5.41, 5.74) is 0.480. The predicted octanol–water partition coefficient (Wildman–Crippen LogP) is 2.16. The molecule has 4 nitrogen and oxygen atoms in total. The fourth-order valence-electron chi connectivity index (χ4n) is 2.15. The summed E-state index contributed by atoms with van der Waals surface area (Å²) < 4.78 is 10.4. The molecule has 1 N–H and O–H groups in total. The number of aliphatic hydroxyl groups is 1. The smallest absolute Gasteiger partial charge is 0.338 e. The van der Waals surface area contributed by atoms with Crippen LogP contribution in [0.4, 0.5) is 0 Å². The number of benzene rings is 1. The first-order chi connectivity index (χ1) is 8.70. The van der Waals surface area contributed by atoms with Crippen molar-refractivity contribution in [3.05, 3.63) is 29.8 Å². The maximum Gasteiger partial charge on any atom is 0.338 e. The Balaban J connectivity index is 1.97. The molecule has 98 valence electrons. The van der Waals surface area contributed by atoms with Gasteiger partial charge in [-0.05, 0) is 43.5 Å². The molecular formula is C14H18O4. The Hall–Kier alpha value is -1.55. The van der Waals surface area contributed by atoms with Gasteiger partial charge in [-0.3, -0.25) is 0 Å². The van der Waals surface area contributed by atoms with Crippen LogP contribution in [0.25, 0.3) is 0 Å². The third-order valence-electron chi connectivity index (χ3n) is 3.25. The standard InChI is InChI=1S/C14H18O4/c1-17-11-8-6-10(7-9-11)14(16)18-13-5-3-2-4-12(13)15/h6-9,12-13,15H,2-5H2,1H3/t12-,13+/m0/s1. The molecule has 1 aromatic carbocycles. The van der Waals surface area contributed by atoms with Crippen molar-refractivity contribution in [2.24, 2.45) is 0 Å². The molecule has 2 atom stereocenters. The highest BCUT2D eigenvalue weighted by Gasteiger charge is 2.26. The van der Waals surface area contributed by atoms with E-state index in [1.165, 1.54) is 0 Å². The van der Waals surface area contributed by atoms with Gasteiger partial charge >= 0.3 is 5.97 Å². The van der Waals surface area contributed by atoms with E-state index in [0.29, 0.717) is 17.7 Å². The summed E-state index contributed by atoms with van der Waals surface area (Å²) in [6.07, 6.45) is 2.55. The number of methoxy groups -OCH3 is 1. The lowest BCUT2D eigenvalue weighted by molar-refractivity contribution is -0.0360. The van der Waals surface area contributed by atoms with Crippen LogP contribution in [0.3, 0.4) is 0 Å². The van der Waals surface area contributed by atoms with Crippen LogP contribution in [0.1, 0.15) is 36.0 Å². The van der Waals surface area contributed by atoms with E-state index in [2.05, 4.69) is 0 Å². The molecule has 1 aliphatic rings. The summed E-state index contributed by atoms with van der Waals surface area (Å²) in [4.78, 5) is 11.9. The van der Waals surface area contributed by atoms with Crippen LogP contribution < -0.4 is 4.74 Å². The summed E-state index contributed by atoms with van der Waals surface area (Å²) >= 11 is 0. The van der Waals surface area contributed by atoms with E-state index >= 15 is 0 Å². The minimum absolute atomic E-state index is 0.367. The molecule has 2 rings (SSSR count). The molecule has 1 aliphatic carbocycles. The molecular weight excluding hydrogens is 232 g/mol. The first-order valence-corrected chi connectivity index (χ1v) is 6.24. The maximum atomic E-state index is 11.9. The van der Waals surface area contributed by atoms with Crippen molar-refractivity contribution in [1.29, 1.82) is 0 Å². The van der Waals surface area contributed by atoms with Crippen LogP contribution in [0, 0.1) is 0 Å². The van der Waals surface area contributed by atoms with Crippen molar-refractivity contribution in [2.45, 2.75) is 37.9 Å². The second-order valence-corrected chi connectivity index (χ2v) is 4.52. The molecule has 0 aliphatic heterocycles. The predicted molar refractivity (Wildman–Crippen MR) is 66.7 cm³/mol. The van der Waals surface area contributed by atoms with Crippen LogP contribution >= 0.6 is 0 Å². The van der Waals surface area contributed by atoms with Crippen LogP contribution in [-0.4, -0.2) is 30.4 Å². The number of rotatable bonds is 3. The van der Waals surface area contributed by atoms with E-state index in [1.807, 2.05) is 0 Å². The lowest BCUT2D eigenvalue weighted by Crippen LogP contribution is -2.34. The first-order valence-electron chi connectivity index (χ1n) is 6.24. The number of ether oxygens (including phenoxy) is 2. The largest absolute Gasteiger partial charge is 0.497 e. The van der Waals surface area contributed by atoms with E-state index in [1.54, 1.807) is 31.4 Å². The van der Waals surface area contributed by atoms with Crippen molar-refractivity contribution >= 4 is 5.97 Å². The third-order valence-corrected chi connectivity index (χ3v) is 3.25. The van der Waals surface area contributed by atoms with Gasteiger partial charge in [-0.25, -0.2) is 4.79 Å². The Morgan fingerprint density at radius 3 is 2.50 bits per heavy atom. The topological polar surface area (TPSA) is 55.8 Å². The monoisotopic (exact) mass is 250 g/mol. The lowest BCUT2D eigenvalue weighted by atomic mass is 9.95. The van der Waals surface area contributed by atoms with Crippen LogP contribution in [0.2, 0.25) is 0 Å². The van der Waals surface area contributed by atoms with Gasteiger partial charge in [0.25, 0.3) is 0 Å². The van der Waals surface area contributed by atoms with Crippen molar-refractivity contribution < 1.29 is 19.4 Å². The third kappa shape index (κ3) is 3.01. The van der Waals surface area contributed by atoms with Gasteiger partial charge in [0.15, 0.2) is 0 Å². The Labute approximate surface area is 107 Å². The zero-order chi connectivity index (χ0) is 13.0. The Morgan fingerprint density at radius 2 is 1.89 bits per heavy atom. The van der Waals surface area contributed by atoms with E-state index in [-0.39, 0.29) is 12.1 Å². The van der Waals surface area contributed by atoms with Crippen LogP contribution in [0.15, 0.2) is 24.3 Å². The van der Waals surface area contributed by atoms with Crippen molar-refractivity contribution in [1.82, 2.24) is 0 Å². The molecule has 0 saturated heterocycles. The molecule has 1 fully saturated rings. The minimum Gasteiger partial charge on any atom is -0.497 e. The second kappa shape index (κ2) is 5.87. The van der Waals surface area contributed by atoms with Crippen molar-refractivity contribution in [2.75, 3.05) is 7.11 Å². The molecule has 4 heteroatoms. The average Bonchev–Trinajstić information content (AvgIpc) is 2.41. The summed E-state index contributed by atoms with van der Waals surface area (Å²) in [6.45, 7) is 0. The van der Waals surface area contributed by atoms with Gasteiger partial charge < -0.3 is 14.6 Å². The first kappa shape index (κ1) is 12.9. The van der Waals surface area contributed by atoms with E-state index in [9.17, 15) is 9.90 Å². The zero-order valence-corrected chi connectivity index (χ0v) is 10.5. The molecule has 1 aromatic rings. The molecule has 0 spiro atoms. The van der Waals surface area contributed by atoms with Crippen molar-refractivity contribution in [3.8, 4) is 5.75 Å².